The third-order valence-corrected chi connectivity index (χ3v) is 2.67. The fourth-order valence-electron chi connectivity index (χ4n) is 1.71. The third-order valence-electron chi connectivity index (χ3n) is 2.67. The summed E-state index contributed by atoms with van der Waals surface area (Å²) in [6.07, 6.45) is 13.9. The Morgan fingerprint density at radius 2 is 1.14 bits per heavy atom. The number of unbranched alkanes of at least 4 members (excludes halogenated alkanes) is 9. The van der Waals surface area contributed by atoms with Crippen molar-refractivity contribution in [2.75, 3.05) is 6.54 Å². The zero-order valence-corrected chi connectivity index (χ0v) is 9.86. The average Bonchev–Trinajstić information content (AvgIpc) is 2.21. The second-order valence-electron chi connectivity index (χ2n) is 4.14. The second-order valence-corrected chi connectivity index (χ2v) is 4.14. The minimum Gasteiger partial charge on any atom is -0.271 e. The van der Waals surface area contributed by atoms with Crippen LogP contribution < -0.4 is 11.3 Å². The minimum atomic E-state index is 0.969. The zero-order chi connectivity index (χ0) is 10.5. The van der Waals surface area contributed by atoms with Gasteiger partial charge in [-0.1, -0.05) is 64.7 Å². The summed E-state index contributed by atoms with van der Waals surface area (Å²) in [6, 6.07) is 0. The molecule has 0 amide bonds. The van der Waals surface area contributed by atoms with Crippen molar-refractivity contribution >= 4 is 0 Å². The summed E-state index contributed by atoms with van der Waals surface area (Å²) in [6.45, 7) is 3.24. The summed E-state index contributed by atoms with van der Waals surface area (Å²) in [5.74, 6) is 5.19. The van der Waals surface area contributed by atoms with E-state index in [9.17, 15) is 0 Å². The predicted molar refractivity (Wildman–Crippen MR) is 64.0 cm³/mol. The molecule has 0 rings (SSSR count). The van der Waals surface area contributed by atoms with E-state index in [0.717, 1.165) is 6.54 Å². The van der Waals surface area contributed by atoms with Crippen molar-refractivity contribution in [3.8, 4) is 0 Å². The fraction of sp³-hybridized carbons (Fsp3) is 1.00. The van der Waals surface area contributed by atoms with E-state index in [-0.39, 0.29) is 0 Å². The van der Waals surface area contributed by atoms with Gasteiger partial charge in [0.2, 0.25) is 0 Å². The van der Waals surface area contributed by atoms with E-state index in [1.165, 1.54) is 64.2 Å². The third kappa shape index (κ3) is 11.9. The molecule has 0 heterocycles. The van der Waals surface area contributed by atoms with Crippen molar-refractivity contribution in [3.05, 3.63) is 0 Å². The summed E-state index contributed by atoms with van der Waals surface area (Å²) in [7, 11) is 0. The van der Waals surface area contributed by atoms with Crippen LogP contribution in [0.2, 0.25) is 0 Å². The van der Waals surface area contributed by atoms with Crippen molar-refractivity contribution in [1.29, 1.82) is 0 Å². The molecule has 86 valence electrons. The normalized spacial score (nSPS) is 10.7. The second kappa shape index (κ2) is 12.9. The van der Waals surface area contributed by atoms with E-state index >= 15 is 0 Å². The van der Waals surface area contributed by atoms with Crippen molar-refractivity contribution in [1.82, 2.24) is 5.43 Å². The average molecular weight is 200 g/mol. The Bertz CT molecular complexity index is 82.3. The standard InChI is InChI=1S/C12H28N2/c1-2-3-4-5-6-7-8-9-10-11-12-14-13/h14H,2-13H2,1H3. The van der Waals surface area contributed by atoms with E-state index in [0.29, 0.717) is 0 Å². The van der Waals surface area contributed by atoms with Crippen LogP contribution in [0, 0.1) is 0 Å². The monoisotopic (exact) mass is 200 g/mol. The van der Waals surface area contributed by atoms with Gasteiger partial charge in [0.05, 0.1) is 0 Å². The maximum Gasteiger partial charge on any atom is 0.00974 e. The lowest BCUT2D eigenvalue weighted by Gasteiger charge is -2.01. The molecule has 2 heteroatoms. The predicted octanol–water partition coefficient (Wildman–Crippen LogP) is 3.37. The largest absolute Gasteiger partial charge is 0.271 e. The van der Waals surface area contributed by atoms with E-state index in [4.69, 9.17) is 5.84 Å². The molecule has 0 aliphatic rings. The van der Waals surface area contributed by atoms with E-state index < -0.39 is 0 Å². The molecular formula is C12H28N2. The first-order chi connectivity index (χ1) is 6.91. The van der Waals surface area contributed by atoms with Crippen LogP contribution in [-0.2, 0) is 0 Å². The molecule has 0 radical (unpaired) electrons. The molecular weight excluding hydrogens is 172 g/mol. The smallest absolute Gasteiger partial charge is 0.00974 e. The maximum atomic E-state index is 5.19. The van der Waals surface area contributed by atoms with Gasteiger partial charge in [-0.05, 0) is 6.42 Å². The Hall–Kier alpha value is -0.0800. The Balaban J connectivity index is 2.78. The molecule has 3 N–H and O–H groups in total. The Morgan fingerprint density at radius 3 is 1.57 bits per heavy atom. The van der Waals surface area contributed by atoms with Crippen molar-refractivity contribution < 1.29 is 0 Å². The Kier molecular flexibility index (Phi) is 12.8. The quantitative estimate of drug-likeness (QED) is 0.305. The molecule has 0 unspecified atom stereocenters. The first kappa shape index (κ1) is 13.9. The van der Waals surface area contributed by atoms with Gasteiger partial charge in [0, 0.05) is 6.54 Å². The molecule has 0 bridgehead atoms. The highest BCUT2D eigenvalue weighted by atomic mass is 15.2. The molecule has 2 nitrogen and oxygen atoms in total. The van der Waals surface area contributed by atoms with Gasteiger partial charge in [-0.3, -0.25) is 11.3 Å². The number of nitrogens with one attached hydrogen (secondary N) is 1. The fourth-order valence-corrected chi connectivity index (χ4v) is 1.71. The van der Waals surface area contributed by atoms with Crippen LogP contribution in [0.3, 0.4) is 0 Å². The maximum absolute atomic E-state index is 5.19. The lowest BCUT2D eigenvalue weighted by Crippen LogP contribution is -2.22. The molecule has 0 atom stereocenters. The lowest BCUT2D eigenvalue weighted by molar-refractivity contribution is 0.547. The summed E-state index contributed by atoms with van der Waals surface area (Å²) >= 11 is 0. The molecule has 0 aromatic carbocycles. The number of nitrogens with two attached hydrogens (primary N) is 1. The van der Waals surface area contributed by atoms with Crippen LogP contribution in [0.4, 0.5) is 0 Å². The van der Waals surface area contributed by atoms with Crippen LogP contribution in [0.15, 0.2) is 0 Å². The number of rotatable bonds is 11. The van der Waals surface area contributed by atoms with Gasteiger partial charge in [-0.25, -0.2) is 0 Å². The lowest BCUT2D eigenvalue weighted by atomic mass is 10.1. The topological polar surface area (TPSA) is 38.0 Å². The van der Waals surface area contributed by atoms with Gasteiger partial charge in [-0.15, -0.1) is 0 Å². The molecule has 0 saturated heterocycles. The van der Waals surface area contributed by atoms with E-state index in [1.807, 2.05) is 0 Å². The highest BCUT2D eigenvalue weighted by molar-refractivity contribution is 4.47. The molecule has 14 heavy (non-hydrogen) atoms. The van der Waals surface area contributed by atoms with Crippen LogP contribution in [0.5, 0.6) is 0 Å². The highest BCUT2D eigenvalue weighted by Crippen LogP contribution is 2.09. The summed E-state index contributed by atoms with van der Waals surface area (Å²) in [5, 5.41) is 0. The number of hydrogen-bond donors (Lipinski definition) is 2. The zero-order valence-electron chi connectivity index (χ0n) is 9.86. The van der Waals surface area contributed by atoms with Gasteiger partial charge in [0.15, 0.2) is 0 Å². The summed E-state index contributed by atoms with van der Waals surface area (Å²) < 4.78 is 0. The Labute approximate surface area is 89.6 Å². The molecule has 0 fully saturated rings. The van der Waals surface area contributed by atoms with E-state index in [2.05, 4.69) is 12.3 Å². The van der Waals surface area contributed by atoms with Gasteiger partial charge in [-0.2, -0.15) is 0 Å². The van der Waals surface area contributed by atoms with Gasteiger partial charge < -0.3 is 0 Å². The molecule has 0 saturated carbocycles. The molecule has 0 aromatic heterocycles. The first-order valence-corrected chi connectivity index (χ1v) is 6.35. The molecule has 0 aliphatic carbocycles. The van der Waals surface area contributed by atoms with Crippen LogP contribution >= 0.6 is 0 Å². The molecule has 0 aromatic rings. The van der Waals surface area contributed by atoms with Crippen LogP contribution in [0.1, 0.15) is 71.1 Å². The van der Waals surface area contributed by atoms with Gasteiger partial charge in [0.1, 0.15) is 0 Å². The van der Waals surface area contributed by atoms with Crippen molar-refractivity contribution in [3.63, 3.8) is 0 Å². The molecule has 0 aliphatic heterocycles. The summed E-state index contributed by atoms with van der Waals surface area (Å²) in [4.78, 5) is 0. The highest BCUT2D eigenvalue weighted by Gasteiger charge is 1.91. The Morgan fingerprint density at radius 1 is 0.714 bits per heavy atom. The summed E-state index contributed by atoms with van der Waals surface area (Å²) in [5.41, 5.74) is 2.69. The minimum absolute atomic E-state index is 0.969. The van der Waals surface area contributed by atoms with Crippen LogP contribution in [-0.4, -0.2) is 6.54 Å². The number of hydrazine groups is 1. The van der Waals surface area contributed by atoms with Crippen molar-refractivity contribution in [2.24, 2.45) is 5.84 Å². The van der Waals surface area contributed by atoms with Gasteiger partial charge >= 0.3 is 0 Å². The van der Waals surface area contributed by atoms with Crippen molar-refractivity contribution in [2.45, 2.75) is 71.1 Å². The number of hydrogen-bond acceptors (Lipinski definition) is 2. The molecule has 0 spiro atoms. The first-order valence-electron chi connectivity index (χ1n) is 6.35. The van der Waals surface area contributed by atoms with Crippen LogP contribution in [0.25, 0.3) is 0 Å². The van der Waals surface area contributed by atoms with Gasteiger partial charge in [0.25, 0.3) is 0 Å². The van der Waals surface area contributed by atoms with E-state index in [1.54, 1.807) is 0 Å². The SMILES string of the molecule is CCCCCCCCCCCCNN.